The predicted octanol–water partition coefficient (Wildman–Crippen LogP) is 15.3. The van der Waals surface area contributed by atoms with Gasteiger partial charge < -0.3 is 19.1 Å². The minimum absolute atomic E-state index is 0. The number of aromatic nitrogens is 2. The molecule has 5 nitrogen and oxygen atoms in total. The Morgan fingerprint density at radius 2 is 1.25 bits per heavy atom. The second-order valence-electron chi connectivity index (χ2n) is 20.5. The van der Waals surface area contributed by atoms with E-state index in [9.17, 15) is 4.39 Å². The van der Waals surface area contributed by atoms with Crippen LogP contribution in [0.5, 0.6) is 11.5 Å². The first kappa shape index (κ1) is 44.9. The van der Waals surface area contributed by atoms with Crippen molar-refractivity contribution in [1.29, 1.82) is 0 Å². The van der Waals surface area contributed by atoms with E-state index in [0.717, 1.165) is 55.9 Å². The van der Waals surface area contributed by atoms with Gasteiger partial charge in [-0.2, -0.15) is 12.1 Å². The summed E-state index contributed by atoms with van der Waals surface area (Å²) in [6.07, 6.45) is 1.84. The zero-order valence-electron chi connectivity index (χ0n) is 38.7. The van der Waals surface area contributed by atoms with Gasteiger partial charge in [0.15, 0.2) is 0 Å². The van der Waals surface area contributed by atoms with Crippen LogP contribution in [-0.2, 0) is 42.7 Å². The second kappa shape index (κ2) is 16.4. The molecule has 0 N–H and O–H groups in total. The molecule has 0 saturated heterocycles. The molecular weight excluding hydrogens is 971 g/mol. The topological polar surface area (TPSA) is 33.5 Å². The maximum absolute atomic E-state index is 14.8. The van der Waals surface area contributed by atoms with Gasteiger partial charge in [0.25, 0.3) is 0 Å². The SMILES string of the molecule is CC(C)(C)c1cc(N2[CH-]N(c3[c-]c(Oc4[c-]c5c(cc4)c4cc(F)ccc4n5-c4cc(C(C)(C)C)ccn4)ccc3)c3cccc(C(C)(C)c4ccccc4)c32)cc(C(C)(C)C)c1.[Pt]. The van der Waals surface area contributed by atoms with Gasteiger partial charge in [-0.3, -0.25) is 0 Å². The minimum atomic E-state index is -0.315. The minimum Gasteiger partial charge on any atom is -0.509 e. The van der Waals surface area contributed by atoms with Gasteiger partial charge in [0, 0.05) is 66.8 Å². The molecule has 0 amide bonds. The largest absolute Gasteiger partial charge is 0.509 e. The third-order valence-electron chi connectivity index (χ3n) is 12.5. The number of hydrogen-bond donors (Lipinski definition) is 0. The van der Waals surface area contributed by atoms with E-state index in [2.05, 4.69) is 184 Å². The third-order valence-corrected chi connectivity index (χ3v) is 12.5. The Labute approximate surface area is 393 Å². The van der Waals surface area contributed by atoms with E-state index in [4.69, 9.17) is 9.72 Å². The molecule has 0 atom stereocenters. The molecule has 1 aliphatic rings. The molecule has 6 aromatic carbocycles. The van der Waals surface area contributed by atoms with Crippen LogP contribution in [0.25, 0.3) is 27.6 Å². The third kappa shape index (κ3) is 8.26. The van der Waals surface area contributed by atoms with Crippen molar-refractivity contribution in [3.63, 3.8) is 0 Å². The molecule has 2 aromatic heterocycles. The van der Waals surface area contributed by atoms with E-state index in [1.807, 2.05) is 47.2 Å². The number of benzene rings is 6. The smallest absolute Gasteiger partial charge is 0.135 e. The number of fused-ring (bicyclic) bond motifs is 4. The van der Waals surface area contributed by atoms with Crippen molar-refractivity contribution in [2.45, 2.75) is 97.8 Å². The summed E-state index contributed by atoms with van der Waals surface area (Å²) in [5.41, 5.74) is 11.4. The molecular formula is C57H56FN4OPt-3. The van der Waals surface area contributed by atoms with Crippen molar-refractivity contribution in [1.82, 2.24) is 9.55 Å². The normalized spacial score (nSPS) is 13.4. The summed E-state index contributed by atoms with van der Waals surface area (Å²) >= 11 is 0. The number of anilines is 4. The molecule has 9 rings (SSSR count). The molecule has 0 bridgehead atoms. The standard InChI is InChI=1S/C57H56FN4O.Pt/c1-54(2,3)38-27-28-59-52(32-38)62-49-26-23-41(58)33-47(49)46-25-24-45(35-51(46)62)63-44-20-15-19-42(34-44)60-36-61(43-30-39(55(4,5)6)29-40(31-43)56(7,8)9)53-48(21-16-22-50(53)60)57(10,11)37-17-13-12-14-18-37;/h12-33,36H,1-11H3;/q-3;. The Balaban J connectivity index is 0.00000560. The molecule has 7 heteroatoms. The predicted molar refractivity (Wildman–Crippen MR) is 259 cm³/mol. The molecule has 0 fully saturated rings. The number of hydrogen-bond acceptors (Lipinski definition) is 4. The average molecular weight is 1030 g/mol. The van der Waals surface area contributed by atoms with Crippen LogP contribution in [0.1, 0.15) is 104 Å². The first-order valence-corrected chi connectivity index (χ1v) is 21.9. The fourth-order valence-corrected chi connectivity index (χ4v) is 8.69. The molecule has 0 aliphatic carbocycles. The van der Waals surface area contributed by atoms with Gasteiger partial charge in [0.2, 0.25) is 0 Å². The van der Waals surface area contributed by atoms with E-state index in [1.54, 1.807) is 6.07 Å². The Hall–Kier alpha value is -5.71. The van der Waals surface area contributed by atoms with Gasteiger partial charge in [-0.05, 0) is 98.0 Å². The van der Waals surface area contributed by atoms with Crippen LogP contribution in [0.3, 0.4) is 0 Å². The van der Waals surface area contributed by atoms with Crippen LogP contribution in [0.4, 0.5) is 27.1 Å². The molecule has 3 heterocycles. The summed E-state index contributed by atoms with van der Waals surface area (Å²) in [7, 11) is 0. The van der Waals surface area contributed by atoms with Crippen molar-refractivity contribution >= 4 is 44.6 Å². The van der Waals surface area contributed by atoms with Crippen LogP contribution < -0.4 is 14.5 Å². The van der Waals surface area contributed by atoms with Crippen molar-refractivity contribution in [3.8, 4) is 17.3 Å². The fraction of sp³-hybridized carbons (Fsp3) is 0.263. The van der Waals surface area contributed by atoms with Gasteiger partial charge in [0.05, 0.1) is 0 Å². The first-order valence-electron chi connectivity index (χ1n) is 21.9. The Morgan fingerprint density at radius 1 is 0.578 bits per heavy atom. The number of ether oxygens (including phenoxy) is 1. The number of halogens is 1. The summed E-state index contributed by atoms with van der Waals surface area (Å²) in [4.78, 5) is 9.39. The average Bonchev–Trinajstić information content (AvgIpc) is 3.79. The van der Waals surface area contributed by atoms with Gasteiger partial charge >= 0.3 is 0 Å². The summed E-state index contributed by atoms with van der Waals surface area (Å²) in [6.45, 7) is 27.1. The number of para-hydroxylation sites is 1. The maximum atomic E-state index is 14.8. The molecule has 1 aliphatic heterocycles. The second-order valence-corrected chi connectivity index (χ2v) is 20.5. The van der Waals surface area contributed by atoms with Crippen LogP contribution in [0.2, 0.25) is 0 Å². The number of nitrogens with zero attached hydrogens (tertiary/aromatic N) is 4. The van der Waals surface area contributed by atoms with E-state index in [0.29, 0.717) is 11.5 Å². The van der Waals surface area contributed by atoms with E-state index < -0.39 is 0 Å². The van der Waals surface area contributed by atoms with Crippen molar-refractivity contribution < 1.29 is 30.2 Å². The van der Waals surface area contributed by atoms with Crippen LogP contribution in [0.15, 0.2) is 134 Å². The van der Waals surface area contributed by atoms with Crippen LogP contribution in [-0.4, -0.2) is 9.55 Å². The van der Waals surface area contributed by atoms with Crippen molar-refractivity contribution in [2.75, 3.05) is 9.80 Å². The molecule has 8 aromatic rings. The summed E-state index contributed by atoms with van der Waals surface area (Å²) < 4.78 is 23.4. The molecule has 330 valence electrons. The van der Waals surface area contributed by atoms with Crippen molar-refractivity contribution in [2.24, 2.45) is 0 Å². The molecule has 64 heavy (non-hydrogen) atoms. The Morgan fingerprint density at radius 3 is 1.94 bits per heavy atom. The van der Waals surface area contributed by atoms with Gasteiger partial charge in [0.1, 0.15) is 11.6 Å². The van der Waals surface area contributed by atoms with Gasteiger partial charge in [-0.15, -0.1) is 48.1 Å². The van der Waals surface area contributed by atoms with E-state index in [-0.39, 0.29) is 48.5 Å². The zero-order valence-corrected chi connectivity index (χ0v) is 40.9. The van der Waals surface area contributed by atoms with Gasteiger partial charge in [-0.1, -0.05) is 130 Å². The monoisotopic (exact) mass is 1030 g/mol. The van der Waals surface area contributed by atoms with Crippen molar-refractivity contribution in [3.05, 3.63) is 186 Å². The van der Waals surface area contributed by atoms with Crippen LogP contribution >= 0.6 is 0 Å². The fourth-order valence-electron chi connectivity index (χ4n) is 8.69. The summed E-state index contributed by atoms with van der Waals surface area (Å²) in [6, 6.07) is 50.5. The zero-order chi connectivity index (χ0) is 44.6. The van der Waals surface area contributed by atoms with Crippen LogP contribution in [0, 0.1) is 24.6 Å². The summed E-state index contributed by atoms with van der Waals surface area (Å²) in [5, 5.41) is 1.65. The quantitative estimate of drug-likeness (QED) is 0.149. The molecule has 0 radical (unpaired) electrons. The molecule has 0 saturated carbocycles. The number of pyridine rings is 1. The van der Waals surface area contributed by atoms with Gasteiger partial charge in [-0.25, -0.2) is 9.37 Å². The van der Waals surface area contributed by atoms with E-state index in [1.165, 1.54) is 28.3 Å². The Bertz CT molecular complexity index is 2990. The molecule has 0 spiro atoms. The Kier molecular flexibility index (Phi) is 11.5. The molecule has 0 unspecified atom stereocenters. The number of rotatable bonds is 7. The van der Waals surface area contributed by atoms with E-state index >= 15 is 0 Å². The first-order chi connectivity index (χ1) is 29.8. The maximum Gasteiger partial charge on any atom is 0.135 e. The summed E-state index contributed by atoms with van der Waals surface area (Å²) in [5.74, 6) is 1.50.